The summed E-state index contributed by atoms with van der Waals surface area (Å²) in [5.74, 6) is -0.406. The summed E-state index contributed by atoms with van der Waals surface area (Å²) in [7, 11) is -4.09. The summed E-state index contributed by atoms with van der Waals surface area (Å²) < 4.78 is 70.0. The van der Waals surface area contributed by atoms with Crippen LogP contribution in [0, 0.1) is 0 Å². The summed E-state index contributed by atoms with van der Waals surface area (Å²) in [5.41, 5.74) is -1.19. The largest absolute Gasteiger partial charge is 0.465 e. The number of carbonyl (C=O) groups is 1. The molecule has 0 amide bonds. The van der Waals surface area contributed by atoms with Crippen molar-refractivity contribution in [3.8, 4) is 0 Å². The zero-order chi connectivity index (χ0) is 19.5. The van der Waals surface area contributed by atoms with E-state index in [4.69, 9.17) is 16.3 Å². The van der Waals surface area contributed by atoms with E-state index in [2.05, 4.69) is 0 Å². The summed E-state index contributed by atoms with van der Waals surface area (Å²) in [6.07, 6.45) is -4.75. The van der Waals surface area contributed by atoms with E-state index >= 15 is 0 Å². The second-order valence-corrected chi connectivity index (χ2v) is 7.97. The summed E-state index contributed by atoms with van der Waals surface area (Å²) in [6.45, 7) is 2.66. The monoisotopic (exact) mass is 414 g/mol. The van der Waals surface area contributed by atoms with Crippen molar-refractivity contribution in [1.82, 2.24) is 9.21 Å². The lowest BCUT2D eigenvalue weighted by atomic mass is 10.2. The molecule has 1 aliphatic rings. The summed E-state index contributed by atoms with van der Waals surface area (Å²) in [6, 6.07) is 2.52. The Hall–Kier alpha value is -1.36. The van der Waals surface area contributed by atoms with E-state index in [1.54, 1.807) is 11.8 Å². The number of alkyl halides is 3. The first-order chi connectivity index (χ1) is 12.1. The molecule has 0 aromatic heterocycles. The molecule has 146 valence electrons. The number of halogens is 4. The number of nitrogens with zero attached hydrogens (tertiary/aromatic N) is 2. The topological polar surface area (TPSA) is 66.9 Å². The Morgan fingerprint density at radius 2 is 1.85 bits per heavy atom. The third kappa shape index (κ3) is 4.87. The quantitative estimate of drug-likeness (QED) is 0.691. The third-order valence-electron chi connectivity index (χ3n) is 3.87. The number of hydrogen-bond acceptors (Lipinski definition) is 5. The maximum Gasteiger partial charge on any atom is 0.417 e. The molecule has 1 aromatic rings. The number of rotatable bonds is 5. The van der Waals surface area contributed by atoms with Crippen LogP contribution in [0.15, 0.2) is 23.1 Å². The number of ether oxygens (including phenoxy) is 1. The van der Waals surface area contributed by atoms with Gasteiger partial charge in [0.15, 0.2) is 0 Å². The average molecular weight is 415 g/mol. The predicted octanol–water partition coefficient (Wildman–Crippen LogP) is 2.23. The van der Waals surface area contributed by atoms with E-state index in [1.807, 2.05) is 0 Å². The molecule has 0 spiro atoms. The zero-order valence-corrected chi connectivity index (χ0v) is 15.5. The van der Waals surface area contributed by atoms with Gasteiger partial charge in [0.1, 0.15) is 0 Å². The van der Waals surface area contributed by atoms with E-state index in [9.17, 15) is 26.4 Å². The zero-order valence-electron chi connectivity index (χ0n) is 13.9. The number of piperazine rings is 1. The van der Waals surface area contributed by atoms with Gasteiger partial charge in [0.25, 0.3) is 0 Å². The van der Waals surface area contributed by atoms with Crippen molar-refractivity contribution in [1.29, 1.82) is 0 Å². The molecule has 1 aliphatic heterocycles. The maximum absolute atomic E-state index is 13.0. The van der Waals surface area contributed by atoms with Crippen LogP contribution < -0.4 is 0 Å². The van der Waals surface area contributed by atoms with Gasteiger partial charge in [-0.2, -0.15) is 17.5 Å². The van der Waals surface area contributed by atoms with Crippen LogP contribution in [0.3, 0.4) is 0 Å². The summed E-state index contributed by atoms with van der Waals surface area (Å²) >= 11 is 5.53. The average Bonchev–Trinajstić information content (AvgIpc) is 2.54. The van der Waals surface area contributed by atoms with Crippen LogP contribution in [0.25, 0.3) is 0 Å². The van der Waals surface area contributed by atoms with Crippen LogP contribution in [-0.4, -0.2) is 62.9 Å². The highest BCUT2D eigenvalue weighted by Crippen LogP contribution is 2.36. The number of sulfonamides is 1. The van der Waals surface area contributed by atoms with Gasteiger partial charge in [0.05, 0.1) is 28.6 Å². The Bertz CT molecular complexity index is 763. The second kappa shape index (κ2) is 8.12. The van der Waals surface area contributed by atoms with E-state index < -0.39 is 37.7 Å². The van der Waals surface area contributed by atoms with Gasteiger partial charge in [0, 0.05) is 26.2 Å². The van der Waals surface area contributed by atoms with Gasteiger partial charge in [-0.1, -0.05) is 11.6 Å². The molecule has 1 fully saturated rings. The van der Waals surface area contributed by atoms with Crippen LogP contribution in [-0.2, 0) is 25.7 Å². The molecule has 1 saturated heterocycles. The minimum atomic E-state index is -4.75. The van der Waals surface area contributed by atoms with Crippen molar-refractivity contribution in [3.05, 3.63) is 28.8 Å². The molecule has 0 N–H and O–H groups in total. The fourth-order valence-electron chi connectivity index (χ4n) is 2.55. The lowest BCUT2D eigenvalue weighted by Gasteiger charge is -2.33. The van der Waals surface area contributed by atoms with E-state index in [1.165, 1.54) is 0 Å². The van der Waals surface area contributed by atoms with E-state index in [0.29, 0.717) is 6.07 Å². The molecular formula is C15H18ClF3N2O4S. The minimum absolute atomic E-state index is 0.0426. The normalized spacial score (nSPS) is 17.3. The standard InChI is InChI=1S/C15H18ClF3N2O4S/c1-2-25-14(22)10-20-5-7-21(8-6-20)26(23,24)11-3-4-13(16)12(9-11)15(17,18)19/h3-4,9H,2,5-8,10H2,1H3. The fraction of sp³-hybridized carbons (Fsp3) is 0.533. The second-order valence-electron chi connectivity index (χ2n) is 5.62. The third-order valence-corrected chi connectivity index (χ3v) is 6.09. The van der Waals surface area contributed by atoms with E-state index in [0.717, 1.165) is 16.4 Å². The highest BCUT2D eigenvalue weighted by molar-refractivity contribution is 7.89. The molecule has 26 heavy (non-hydrogen) atoms. The molecule has 11 heteroatoms. The molecule has 0 unspecified atom stereocenters. The van der Waals surface area contributed by atoms with Crippen molar-refractivity contribution >= 4 is 27.6 Å². The maximum atomic E-state index is 13.0. The first-order valence-corrected chi connectivity index (χ1v) is 9.62. The number of hydrogen-bond donors (Lipinski definition) is 0. The molecule has 0 radical (unpaired) electrons. The molecular weight excluding hydrogens is 397 g/mol. The Balaban J connectivity index is 2.11. The highest BCUT2D eigenvalue weighted by Gasteiger charge is 2.36. The summed E-state index contributed by atoms with van der Waals surface area (Å²) in [4.78, 5) is 12.7. The Morgan fingerprint density at radius 1 is 1.23 bits per heavy atom. The Morgan fingerprint density at radius 3 is 2.38 bits per heavy atom. The van der Waals surface area contributed by atoms with Gasteiger partial charge in [-0.05, 0) is 25.1 Å². The van der Waals surface area contributed by atoms with Crippen molar-refractivity contribution < 1.29 is 31.1 Å². The number of carbonyl (C=O) groups excluding carboxylic acids is 1. The molecule has 2 rings (SSSR count). The fourth-order valence-corrected chi connectivity index (χ4v) is 4.22. The van der Waals surface area contributed by atoms with Crippen LogP contribution >= 0.6 is 11.6 Å². The highest BCUT2D eigenvalue weighted by atomic mass is 35.5. The molecule has 1 heterocycles. The van der Waals surface area contributed by atoms with Gasteiger partial charge in [-0.15, -0.1) is 0 Å². The predicted molar refractivity (Wildman–Crippen MR) is 88.3 cm³/mol. The van der Waals surface area contributed by atoms with Crippen molar-refractivity contribution in [2.24, 2.45) is 0 Å². The first-order valence-electron chi connectivity index (χ1n) is 7.80. The van der Waals surface area contributed by atoms with Crippen LogP contribution in [0.2, 0.25) is 5.02 Å². The van der Waals surface area contributed by atoms with E-state index in [-0.39, 0.29) is 39.3 Å². The molecule has 1 aromatic carbocycles. The Labute approximate surface area is 154 Å². The lowest BCUT2D eigenvalue weighted by Crippen LogP contribution is -2.50. The molecule has 0 atom stereocenters. The van der Waals surface area contributed by atoms with Gasteiger partial charge in [0.2, 0.25) is 10.0 Å². The van der Waals surface area contributed by atoms with Crippen molar-refractivity contribution in [3.63, 3.8) is 0 Å². The molecule has 6 nitrogen and oxygen atoms in total. The van der Waals surface area contributed by atoms with Gasteiger partial charge in [-0.3, -0.25) is 9.69 Å². The molecule has 0 saturated carbocycles. The number of benzene rings is 1. The smallest absolute Gasteiger partial charge is 0.417 e. The minimum Gasteiger partial charge on any atom is -0.465 e. The Kier molecular flexibility index (Phi) is 6.54. The molecule has 0 bridgehead atoms. The lowest BCUT2D eigenvalue weighted by molar-refractivity contribution is -0.144. The van der Waals surface area contributed by atoms with Gasteiger partial charge >= 0.3 is 12.1 Å². The van der Waals surface area contributed by atoms with Crippen LogP contribution in [0.4, 0.5) is 13.2 Å². The van der Waals surface area contributed by atoms with Gasteiger partial charge < -0.3 is 4.74 Å². The molecule has 0 aliphatic carbocycles. The van der Waals surface area contributed by atoms with Crippen LogP contribution in [0.5, 0.6) is 0 Å². The summed E-state index contributed by atoms with van der Waals surface area (Å²) in [5, 5.41) is -0.560. The van der Waals surface area contributed by atoms with Crippen LogP contribution in [0.1, 0.15) is 12.5 Å². The van der Waals surface area contributed by atoms with Crippen molar-refractivity contribution in [2.75, 3.05) is 39.3 Å². The SMILES string of the molecule is CCOC(=O)CN1CCN(S(=O)(=O)c2ccc(Cl)c(C(F)(F)F)c2)CC1. The van der Waals surface area contributed by atoms with Crippen molar-refractivity contribution in [2.45, 2.75) is 18.0 Å². The number of esters is 1. The first kappa shape index (κ1) is 20.9. The van der Waals surface area contributed by atoms with Gasteiger partial charge in [-0.25, -0.2) is 8.42 Å².